The molecule has 4 rings (SSSR count). The number of pyridine rings is 1. The molecule has 138 valence electrons. The summed E-state index contributed by atoms with van der Waals surface area (Å²) in [6, 6.07) is 9.13. The molecule has 2 aromatic heterocycles. The average Bonchev–Trinajstić information content (AvgIpc) is 2.91. The number of nitrogens with one attached hydrogen (secondary N) is 1. The first kappa shape index (κ1) is 18.1. The number of carbonyl (C=O) groups is 2. The molecule has 0 saturated heterocycles. The zero-order valence-corrected chi connectivity index (χ0v) is 17.3. The van der Waals surface area contributed by atoms with E-state index in [1.165, 1.54) is 11.3 Å². The van der Waals surface area contributed by atoms with Gasteiger partial charge in [0, 0.05) is 27.5 Å². The van der Waals surface area contributed by atoms with Gasteiger partial charge in [0.1, 0.15) is 9.71 Å². The summed E-state index contributed by atoms with van der Waals surface area (Å²) in [5, 5.41) is 3.53. The quantitative estimate of drug-likeness (QED) is 0.580. The Hall–Kier alpha value is -2.25. The number of aromatic nitrogens is 1. The van der Waals surface area contributed by atoms with Crippen LogP contribution in [0, 0.1) is 5.41 Å². The van der Waals surface area contributed by atoms with Gasteiger partial charge in [-0.3, -0.25) is 9.59 Å². The summed E-state index contributed by atoms with van der Waals surface area (Å²) >= 11 is 4.63. The van der Waals surface area contributed by atoms with Crippen LogP contribution in [0.5, 0.6) is 0 Å². The van der Waals surface area contributed by atoms with Crippen LogP contribution in [-0.2, 0) is 6.42 Å². The number of nitrogen functional groups attached to an aromatic ring is 1. The smallest absolute Gasteiger partial charge is 0.267 e. The van der Waals surface area contributed by atoms with Gasteiger partial charge in [0.15, 0.2) is 5.78 Å². The van der Waals surface area contributed by atoms with Crippen molar-refractivity contribution in [1.29, 1.82) is 0 Å². The van der Waals surface area contributed by atoms with E-state index in [1.54, 1.807) is 6.07 Å². The highest BCUT2D eigenvalue weighted by Crippen LogP contribution is 2.39. The number of Topliss-reactive ketones (excluding diaryl/α,β-unsaturated/α-hetero) is 1. The van der Waals surface area contributed by atoms with Gasteiger partial charge >= 0.3 is 0 Å². The van der Waals surface area contributed by atoms with E-state index in [9.17, 15) is 9.59 Å². The summed E-state index contributed by atoms with van der Waals surface area (Å²) < 4.78 is 0.934. The van der Waals surface area contributed by atoms with Gasteiger partial charge in [-0.25, -0.2) is 4.98 Å². The maximum atomic E-state index is 12.7. The van der Waals surface area contributed by atoms with Crippen LogP contribution in [0.25, 0.3) is 10.2 Å². The van der Waals surface area contributed by atoms with Gasteiger partial charge in [0.25, 0.3) is 5.91 Å². The van der Waals surface area contributed by atoms with Gasteiger partial charge in [-0.2, -0.15) is 0 Å². The Balaban J connectivity index is 1.73. The van der Waals surface area contributed by atoms with E-state index in [0.717, 1.165) is 16.6 Å². The third-order valence-electron chi connectivity index (χ3n) is 4.69. The average molecular weight is 444 g/mol. The fourth-order valence-corrected chi connectivity index (χ4v) is 4.64. The second kappa shape index (κ2) is 6.42. The van der Waals surface area contributed by atoms with E-state index in [1.807, 2.05) is 24.3 Å². The van der Waals surface area contributed by atoms with Crippen molar-refractivity contribution < 1.29 is 9.59 Å². The molecule has 0 atom stereocenters. The maximum Gasteiger partial charge on any atom is 0.267 e. The molecular formula is C20H18BrN3O2S. The van der Waals surface area contributed by atoms with Gasteiger partial charge in [-0.15, -0.1) is 11.3 Å². The molecule has 0 aliphatic heterocycles. The van der Waals surface area contributed by atoms with Crippen LogP contribution < -0.4 is 11.1 Å². The minimum Gasteiger partial charge on any atom is -0.397 e. The number of hydrogen-bond donors (Lipinski definition) is 2. The van der Waals surface area contributed by atoms with Crippen molar-refractivity contribution in [3.05, 3.63) is 50.9 Å². The molecule has 1 aliphatic rings. The lowest BCUT2D eigenvalue weighted by Crippen LogP contribution is -2.27. The minimum absolute atomic E-state index is 0.0853. The molecular weight excluding hydrogens is 426 g/mol. The predicted molar refractivity (Wildman–Crippen MR) is 113 cm³/mol. The molecule has 1 aromatic carbocycles. The van der Waals surface area contributed by atoms with Crippen LogP contribution in [-0.4, -0.2) is 16.7 Å². The van der Waals surface area contributed by atoms with Crippen molar-refractivity contribution in [3.63, 3.8) is 0 Å². The number of ketones is 1. The van der Waals surface area contributed by atoms with Gasteiger partial charge in [0.05, 0.1) is 11.4 Å². The molecule has 0 unspecified atom stereocenters. The molecule has 3 aromatic rings. The van der Waals surface area contributed by atoms with Crippen LogP contribution >= 0.6 is 27.3 Å². The number of halogens is 1. The number of fused-ring (bicyclic) bond motifs is 2. The Morgan fingerprint density at radius 3 is 2.67 bits per heavy atom. The molecule has 1 amide bonds. The summed E-state index contributed by atoms with van der Waals surface area (Å²) in [5.41, 5.74) is 8.62. The molecule has 0 bridgehead atoms. The molecule has 27 heavy (non-hydrogen) atoms. The highest BCUT2D eigenvalue weighted by Gasteiger charge is 2.33. The van der Waals surface area contributed by atoms with Crippen molar-refractivity contribution in [2.75, 3.05) is 11.1 Å². The number of hydrogen-bond acceptors (Lipinski definition) is 5. The van der Waals surface area contributed by atoms with E-state index in [0.29, 0.717) is 38.5 Å². The first-order valence-corrected chi connectivity index (χ1v) is 10.2. The van der Waals surface area contributed by atoms with Crippen molar-refractivity contribution in [2.45, 2.75) is 26.7 Å². The molecule has 3 N–H and O–H groups in total. The van der Waals surface area contributed by atoms with Crippen molar-refractivity contribution in [3.8, 4) is 0 Å². The Morgan fingerprint density at radius 1 is 1.26 bits per heavy atom. The normalized spacial score (nSPS) is 15.6. The van der Waals surface area contributed by atoms with Crippen LogP contribution in [0.15, 0.2) is 34.8 Å². The van der Waals surface area contributed by atoms with Crippen LogP contribution in [0.1, 0.15) is 46.0 Å². The Labute approximate surface area is 169 Å². The first-order chi connectivity index (χ1) is 12.7. The molecule has 5 nitrogen and oxygen atoms in total. The molecule has 7 heteroatoms. The Morgan fingerprint density at radius 2 is 1.96 bits per heavy atom. The monoisotopic (exact) mass is 443 g/mol. The number of benzene rings is 1. The lowest BCUT2D eigenvalue weighted by Gasteiger charge is -2.29. The first-order valence-electron chi connectivity index (χ1n) is 8.55. The van der Waals surface area contributed by atoms with Gasteiger partial charge < -0.3 is 11.1 Å². The SMILES string of the molecule is CC1(C)CC(=O)c2cc3c(N)c(C(=O)Nc4ccc(Br)cc4)sc3nc2C1. The highest BCUT2D eigenvalue weighted by atomic mass is 79.9. The van der Waals surface area contributed by atoms with Crippen molar-refractivity contribution in [1.82, 2.24) is 4.98 Å². The molecule has 2 heterocycles. The number of anilines is 2. The summed E-state index contributed by atoms with van der Waals surface area (Å²) in [5.74, 6) is -0.190. The van der Waals surface area contributed by atoms with Crippen LogP contribution in [0.2, 0.25) is 0 Å². The zero-order valence-electron chi connectivity index (χ0n) is 14.9. The zero-order chi connectivity index (χ0) is 19.3. The third kappa shape index (κ3) is 3.37. The van der Waals surface area contributed by atoms with Gasteiger partial charge in [0.2, 0.25) is 0 Å². The summed E-state index contributed by atoms with van der Waals surface area (Å²) in [6.07, 6.45) is 1.23. The molecule has 0 saturated carbocycles. The van der Waals surface area contributed by atoms with Crippen LogP contribution in [0.4, 0.5) is 11.4 Å². The van der Waals surface area contributed by atoms with E-state index in [4.69, 9.17) is 5.73 Å². The summed E-state index contributed by atoms with van der Waals surface area (Å²) in [7, 11) is 0. The van der Waals surface area contributed by atoms with E-state index in [-0.39, 0.29) is 17.1 Å². The largest absolute Gasteiger partial charge is 0.397 e. The number of nitrogens with two attached hydrogens (primary N) is 1. The molecule has 0 spiro atoms. The van der Waals surface area contributed by atoms with Gasteiger partial charge in [-0.05, 0) is 42.2 Å². The van der Waals surface area contributed by atoms with E-state index < -0.39 is 0 Å². The number of thiophene rings is 1. The van der Waals surface area contributed by atoms with Crippen molar-refractivity contribution >= 4 is 60.5 Å². The van der Waals surface area contributed by atoms with Gasteiger partial charge in [-0.1, -0.05) is 29.8 Å². The standard InChI is InChI=1S/C20H18BrN3O2S/c1-20(2)8-14-12(15(25)9-20)7-13-16(22)17(27-19(13)24-14)18(26)23-11-5-3-10(21)4-6-11/h3-7H,8-9,22H2,1-2H3,(H,23,26). The second-order valence-corrected chi connectivity index (χ2v) is 9.50. The second-order valence-electron chi connectivity index (χ2n) is 7.58. The van der Waals surface area contributed by atoms with E-state index >= 15 is 0 Å². The van der Waals surface area contributed by atoms with Crippen LogP contribution in [0.3, 0.4) is 0 Å². The number of carbonyl (C=O) groups excluding carboxylic acids is 2. The fraction of sp³-hybridized carbons (Fsp3) is 0.250. The molecule has 1 aliphatic carbocycles. The number of nitrogens with zero attached hydrogens (tertiary/aromatic N) is 1. The highest BCUT2D eigenvalue weighted by molar-refractivity contribution is 9.10. The maximum absolute atomic E-state index is 12.7. The molecule has 0 radical (unpaired) electrons. The number of amides is 1. The minimum atomic E-state index is -0.276. The third-order valence-corrected chi connectivity index (χ3v) is 6.34. The molecule has 0 fully saturated rings. The number of rotatable bonds is 2. The Kier molecular flexibility index (Phi) is 4.31. The Bertz CT molecular complexity index is 1090. The lowest BCUT2D eigenvalue weighted by atomic mass is 9.75. The summed E-state index contributed by atoms with van der Waals surface area (Å²) in [4.78, 5) is 31.0. The lowest BCUT2D eigenvalue weighted by molar-refractivity contribution is 0.0910. The fourth-order valence-electron chi connectivity index (χ4n) is 3.39. The van der Waals surface area contributed by atoms with E-state index in [2.05, 4.69) is 40.1 Å². The summed E-state index contributed by atoms with van der Waals surface area (Å²) in [6.45, 7) is 4.14. The predicted octanol–water partition coefficient (Wildman–Crippen LogP) is 5.05. The topological polar surface area (TPSA) is 85.1 Å². The van der Waals surface area contributed by atoms with Crippen molar-refractivity contribution in [2.24, 2.45) is 5.41 Å².